The zero-order valence-corrected chi connectivity index (χ0v) is 11.3. The Morgan fingerprint density at radius 3 is 2.72 bits per heavy atom. The van der Waals surface area contributed by atoms with Crippen LogP contribution in [-0.4, -0.2) is 25.7 Å². The second-order valence-electron chi connectivity index (χ2n) is 3.95. The number of benzene rings is 1. The maximum atomic E-state index is 13.0. The molecule has 1 aromatic rings. The molecule has 0 saturated carbocycles. The number of halogens is 4. The van der Waals surface area contributed by atoms with Crippen molar-refractivity contribution in [1.29, 1.82) is 0 Å². The molecule has 2 N–H and O–H groups in total. The predicted molar refractivity (Wildman–Crippen MR) is 67.2 cm³/mol. The summed E-state index contributed by atoms with van der Waals surface area (Å²) >= 11 is 3.31. The number of nitrogens with two attached hydrogens (primary N) is 1. The predicted octanol–water partition coefficient (Wildman–Crippen LogP) is 3.13. The molecule has 0 aliphatic heterocycles. The van der Waals surface area contributed by atoms with Crippen molar-refractivity contribution in [3.8, 4) is 0 Å². The summed E-state index contributed by atoms with van der Waals surface area (Å²) in [6, 6.07) is 4.13. The first-order valence-electron chi connectivity index (χ1n) is 5.54. The van der Waals surface area contributed by atoms with Crippen LogP contribution in [0.15, 0.2) is 22.7 Å². The Hall–Kier alpha value is -0.590. The van der Waals surface area contributed by atoms with E-state index < -0.39 is 13.0 Å². The lowest BCUT2D eigenvalue weighted by Gasteiger charge is -2.13. The molecule has 0 heterocycles. The van der Waals surface area contributed by atoms with Crippen molar-refractivity contribution < 1.29 is 17.9 Å². The van der Waals surface area contributed by atoms with Crippen LogP contribution >= 0.6 is 15.9 Å². The molecule has 18 heavy (non-hydrogen) atoms. The average molecular weight is 326 g/mol. The summed E-state index contributed by atoms with van der Waals surface area (Å²) in [5, 5.41) is 0. The topological polar surface area (TPSA) is 35.2 Å². The lowest BCUT2D eigenvalue weighted by molar-refractivity contribution is 0.0153. The fourth-order valence-electron chi connectivity index (χ4n) is 1.49. The summed E-state index contributed by atoms with van der Waals surface area (Å²) in [4.78, 5) is 0. The monoisotopic (exact) mass is 325 g/mol. The number of rotatable bonds is 7. The van der Waals surface area contributed by atoms with E-state index >= 15 is 0 Å². The molecule has 0 bridgehead atoms. The molecule has 102 valence electrons. The molecule has 0 spiro atoms. The van der Waals surface area contributed by atoms with Crippen molar-refractivity contribution >= 4 is 15.9 Å². The van der Waals surface area contributed by atoms with Crippen LogP contribution in [0.3, 0.4) is 0 Å². The van der Waals surface area contributed by atoms with Gasteiger partial charge in [-0.1, -0.05) is 15.9 Å². The van der Waals surface area contributed by atoms with Crippen LogP contribution in [-0.2, 0) is 11.2 Å². The number of hydrogen-bond donors (Lipinski definition) is 1. The SMILES string of the molecule is NC(CCOCC(F)F)Cc1cc(F)ccc1Br. The van der Waals surface area contributed by atoms with Gasteiger partial charge in [0.25, 0.3) is 6.43 Å². The first kappa shape index (κ1) is 15.5. The highest BCUT2D eigenvalue weighted by molar-refractivity contribution is 9.10. The minimum atomic E-state index is -2.46. The second-order valence-corrected chi connectivity index (χ2v) is 4.81. The molecule has 0 aliphatic rings. The van der Waals surface area contributed by atoms with Gasteiger partial charge in [0.05, 0.1) is 0 Å². The van der Waals surface area contributed by atoms with Crippen LogP contribution in [0.1, 0.15) is 12.0 Å². The first-order chi connectivity index (χ1) is 8.49. The average Bonchev–Trinajstić information content (AvgIpc) is 2.29. The highest BCUT2D eigenvalue weighted by atomic mass is 79.9. The van der Waals surface area contributed by atoms with E-state index in [4.69, 9.17) is 10.5 Å². The Kier molecular flexibility index (Phi) is 6.67. The van der Waals surface area contributed by atoms with Crippen molar-refractivity contribution in [2.75, 3.05) is 13.2 Å². The smallest absolute Gasteiger partial charge is 0.261 e. The van der Waals surface area contributed by atoms with Crippen molar-refractivity contribution in [2.45, 2.75) is 25.3 Å². The molecule has 1 rings (SSSR count). The molecule has 1 aromatic carbocycles. The van der Waals surface area contributed by atoms with Crippen molar-refractivity contribution in [2.24, 2.45) is 5.73 Å². The molecule has 0 amide bonds. The Morgan fingerprint density at radius 1 is 1.33 bits per heavy atom. The molecule has 0 aromatic heterocycles. The number of alkyl halides is 2. The summed E-state index contributed by atoms with van der Waals surface area (Å²) in [6.07, 6.45) is -1.54. The summed E-state index contributed by atoms with van der Waals surface area (Å²) in [6.45, 7) is -0.394. The van der Waals surface area contributed by atoms with E-state index in [0.29, 0.717) is 12.8 Å². The third-order valence-electron chi connectivity index (χ3n) is 2.37. The van der Waals surface area contributed by atoms with Crippen LogP contribution < -0.4 is 5.73 Å². The van der Waals surface area contributed by atoms with Crippen molar-refractivity contribution in [3.63, 3.8) is 0 Å². The van der Waals surface area contributed by atoms with Gasteiger partial charge in [0, 0.05) is 17.1 Å². The lowest BCUT2D eigenvalue weighted by Crippen LogP contribution is -2.25. The standard InChI is InChI=1S/C12H15BrF3NO/c13-11-2-1-9(14)5-8(11)6-10(17)3-4-18-7-12(15)16/h1-2,5,10,12H,3-4,6-7,17H2. The maximum absolute atomic E-state index is 13.0. The molecule has 0 saturated heterocycles. The molecular formula is C12H15BrF3NO. The highest BCUT2D eigenvalue weighted by Crippen LogP contribution is 2.19. The Balaban J connectivity index is 2.35. The summed E-state index contributed by atoms with van der Waals surface area (Å²) in [5.41, 5.74) is 6.59. The van der Waals surface area contributed by atoms with E-state index in [1.165, 1.54) is 12.1 Å². The van der Waals surface area contributed by atoms with Gasteiger partial charge in [0.2, 0.25) is 0 Å². The molecule has 2 nitrogen and oxygen atoms in total. The molecule has 0 radical (unpaired) electrons. The van der Waals surface area contributed by atoms with Crippen LogP contribution in [0.25, 0.3) is 0 Å². The van der Waals surface area contributed by atoms with E-state index in [1.807, 2.05) is 0 Å². The van der Waals surface area contributed by atoms with Gasteiger partial charge < -0.3 is 10.5 Å². The van der Waals surface area contributed by atoms with Crippen molar-refractivity contribution in [3.05, 3.63) is 34.1 Å². The van der Waals surface area contributed by atoms with E-state index in [0.717, 1.165) is 10.0 Å². The minimum absolute atomic E-state index is 0.179. The van der Waals surface area contributed by atoms with E-state index in [2.05, 4.69) is 15.9 Å². The molecule has 0 fully saturated rings. The lowest BCUT2D eigenvalue weighted by atomic mass is 10.0. The third kappa shape index (κ3) is 5.84. The van der Waals surface area contributed by atoms with Crippen molar-refractivity contribution in [1.82, 2.24) is 0 Å². The molecule has 1 unspecified atom stereocenters. The van der Waals surface area contributed by atoms with Crippen LogP contribution in [0.5, 0.6) is 0 Å². The Bertz CT molecular complexity index is 376. The fourth-order valence-corrected chi connectivity index (χ4v) is 1.90. The fraction of sp³-hybridized carbons (Fsp3) is 0.500. The second kappa shape index (κ2) is 7.76. The van der Waals surface area contributed by atoms with Crippen LogP contribution in [0.4, 0.5) is 13.2 Å². The van der Waals surface area contributed by atoms with Gasteiger partial charge in [-0.2, -0.15) is 0 Å². The zero-order valence-electron chi connectivity index (χ0n) is 9.71. The van der Waals surface area contributed by atoms with Crippen LogP contribution in [0, 0.1) is 5.82 Å². The zero-order chi connectivity index (χ0) is 13.5. The molecule has 6 heteroatoms. The van der Waals surface area contributed by atoms with E-state index in [-0.39, 0.29) is 18.5 Å². The van der Waals surface area contributed by atoms with Gasteiger partial charge in [0.1, 0.15) is 12.4 Å². The van der Waals surface area contributed by atoms with Gasteiger partial charge in [0.15, 0.2) is 0 Å². The maximum Gasteiger partial charge on any atom is 0.261 e. The molecular weight excluding hydrogens is 311 g/mol. The van der Waals surface area contributed by atoms with Gasteiger partial charge in [-0.15, -0.1) is 0 Å². The van der Waals surface area contributed by atoms with Gasteiger partial charge in [-0.25, -0.2) is 13.2 Å². The highest BCUT2D eigenvalue weighted by Gasteiger charge is 2.09. The first-order valence-corrected chi connectivity index (χ1v) is 6.33. The van der Waals surface area contributed by atoms with Gasteiger partial charge >= 0.3 is 0 Å². The largest absolute Gasteiger partial charge is 0.375 e. The van der Waals surface area contributed by atoms with Gasteiger partial charge in [-0.05, 0) is 36.6 Å². The Morgan fingerprint density at radius 2 is 2.06 bits per heavy atom. The molecule has 0 aliphatic carbocycles. The molecule has 1 atom stereocenters. The third-order valence-corrected chi connectivity index (χ3v) is 3.14. The normalized spacial score (nSPS) is 13.0. The number of hydrogen-bond acceptors (Lipinski definition) is 2. The number of ether oxygens (including phenoxy) is 1. The van der Waals surface area contributed by atoms with E-state index in [9.17, 15) is 13.2 Å². The van der Waals surface area contributed by atoms with Gasteiger partial charge in [-0.3, -0.25) is 0 Å². The Labute approximate surface area is 112 Å². The van der Waals surface area contributed by atoms with E-state index in [1.54, 1.807) is 6.07 Å². The summed E-state index contributed by atoms with van der Waals surface area (Å²) < 4.78 is 42.1. The minimum Gasteiger partial charge on any atom is -0.375 e. The van der Waals surface area contributed by atoms with Crippen LogP contribution in [0.2, 0.25) is 0 Å². The quantitative estimate of drug-likeness (QED) is 0.782. The summed E-state index contributed by atoms with van der Waals surface area (Å²) in [7, 11) is 0. The summed E-state index contributed by atoms with van der Waals surface area (Å²) in [5.74, 6) is -0.325.